The third-order valence-electron chi connectivity index (χ3n) is 4.85. The minimum atomic E-state index is -1.25. The van der Waals surface area contributed by atoms with Gasteiger partial charge in [0.2, 0.25) is 5.91 Å². The minimum Gasteiger partial charge on any atom is -0.352 e. The van der Waals surface area contributed by atoms with Crippen LogP contribution in [0, 0.1) is 5.82 Å². The van der Waals surface area contributed by atoms with Gasteiger partial charge in [-0.25, -0.2) is 9.18 Å². The summed E-state index contributed by atoms with van der Waals surface area (Å²) in [5, 5.41) is 5.56. The Morgan fingerprint density at radius 3 is 2.48 bits per heavy atom. The van der Waals surface area contributed by atoms with Crippen molar-refractivity contribution in [3.8, 4) is 0 Å². The molecule has 1 aromatic rings. The van der Waals surface area contributed by atoms with Gasteiger partial charge in [0.15, 0.2) is 0 Å². The molecule has 0 unspecified atom stereocenters. The van der Waals surface area contributed by atoms with Crippen molar-refractivity contribution in [3.05, 3.63) is 35.6 Å². The fraction of sp³-hybridized carbons (Fsp3) is 0.550. The first kappa shape index (κ1) is 20.9. The lowest BCUT2D eigenvalue weighted by atomic mass is 9.85. The van der Waals surface area contributed by atoms with Crippen LogP contribution in [0.2, 0.25) is 0 Å². The molecular formula is C20H28FN3O3. The second-order valence-corrected chi connectivity index (χ2v) is 7.09. The van der Waals surface area contributed by atoms with E-state index < -0.39 is 23.3 Å². The summed E-state index contributed by atoms with van der Waals surface area (Å²) in [6.45, 7) is 5.57. The molecule has 2 rings (SSSR count). The molecule has 1 fully saturated rings. The zero-order valence-corrected chi connectivity index (χ0v) is 16.2. The highest BCUT2D eigenvalue weighted by Gasteiger charge is 2.52. The van der Waals surface area contributed by atoms with Crippen LogP contribution in [0.4, 0.5) is 9.18 Å². The topological polar surface area (TPSA) is 78.5 Å². The van der Waals surface area contributed by atoms with E-state index in [2.05, 4.69) is 10.6 Å². The van der Waals surface area contributed by atoms with Crippen LogP contribution in [0.5, 0.6) is 0 Å². The Hall–Kier alpha value is -2.44. The van der Waals surface area contributed by atoms with E-state index in [4.69, 9.17) is 0 Å². The largest absolute Gasteiger partial charge is 0.352 e. The number of carbonyl (C=O) groups is 3. The normalized spacial score (nSPS) is 20.5. The molecule has 1 saturated heterocycles. The predicted octanol–water partition coefficient (Wildman–Crippen LogP) is 3.07. The van der Waals surface area contributed by atoms with Crippen LogP contribution in [-0.2, 0) is 15.1 Å². The Kier molecular flexibility index (Phi) is 6.93. The van der Waals surface area contributed by atoms with Gasteiger partial charge in [-0.2, -0.15) is 0 Å². The molecule has 0 aromatic heterocycles. The Labute approximate surface area is 159 Å². The summed E-state index contributed by atoms with van der Waals surface area (Å²) in [6.07, 6.45) is 3.68. The number of nitrogens with zero attached hydrogens (tertiary/aromatic N) is 1. The number of rotatable bonds is 9. The average Bonchev–Trinajstić information content (AvgIpc) is 2.86. The Balaban J connectivity index is 2.22. The summed E-state index contributed by atoms with van der Waals surface area (Å²) in [5.41, 5.74) is -0.728. The molecule has 1 aliphatic heterocycles. The third-order valence-corrected chi connectivity index (χ3v) is 4.85. The number of hydrogen-bond acceptors (Lipinski definition) is 3. The number of nitrogens with one attached hydrogen (secondary N) is 2. The molecule has 2 atom stereocenters. The molecule has 2 N–H and O–H groups in total. The SMILES string of the molecule is CCCC[C@]1(c2ccc(F)cc2)NC(=O)N(CC(=O)N[C@@H](C)CCC)C1=O. The fourth-order valence-corrected chi connectivity index (χ4v) is 3.42. The molecule has 0 bridgehead atoms. The monoisotopic (exact) mass is 377 g/mol. The highest BCUT2D eigenvalue weighted by Crippen LogP contribution is 2.34. The van der Waals surface area contributed by atoms with Crippen LogP contribution in [0.3, 0.4) is 0 Å². The molecule has 0 saturated carbocycles. The van der Waals surface area contributed by atoms with Crippen LogP contribution in [0.15, 0.2) is 24.3 Å². The lowest BCUT2D eigenvalue weighted by Crippen LogP contribution is -2.46. The van der Waals surface area contributed by atoms with E-state index in [0.717, 1.165) is 24.2 Å². The van der Waals surface area contributed by atoms with E-state index in [-0.39, 0.29) is 18.5 Å². The molecule has 0 aliphatic carbocycles. The van der Waals surface area contributed by atoms with Crippen molar-refractivity contribution in [1.82, 2.24) is 15.5 Å². The molecule has 6 nitrogen and oxygen atoms in total. The first-order valence-corrected chi connectivity index (χ1v) is 9.53. The molecule has 1 aliphatic rings. The van der Waals surface area contributed by atoms with E-state index >= 15 is 0 Å². The minimum absolute atomic E-state index is 0.0230. The smallest absolute Gasteiger partial charge is 0.325 e. The highest BCUT2D eigenvalue weighted by molar-refractivity contribution is 6.09. The maximum atomic E-state index is 13.3. The number of carbonyl (C=O) groups excluding carboxylic acids is 3. The standard InChI is InChI=1S/C20H28FN3O3/c1-4-6-12-20(15-8-10-16(21)11-9-15)18(26)24(19(27)23-20)13-17(25)22-14(3)7-5-2/h8-11,14H,4-7,12-13H2,1-3H3,(H,22,25)(H,23,27)/t14-,20+/m0/s1. The number of hydrogen-bond donors (Lipinski definition) is 2. The second-order valence-electron chi connectivity index (χ2n) is 7.09. The van der Waals surface area contributed by atoms with E-state index in [9.17, 15) is 18.8 Å². The summed E-state index contributed by atoms with van der Waals surface area (Å²) in [5.74, 6) is -1.25. The quantitative estimate of drug-likeness (QED) is 0.649. The van der Waals surface area contributed by atoms with Gasteiger partial charge >= 0.3 is 6.03 Å². The number of imide groups is 1. The molecular weight excluding hydrogens is 349 g/mol. The Morgan fingerprint density at radius 1 is 1.22 bits per heavy atom. The lowest BCUT2D eigenvalue weighted by molar-refractivity contribution is -0.135. The van der Waals surface area contributed by atoms with Gasteiger partial charge in [-0.05, 0) is 37.5 Å². The van der Waals surface area contributed by atoms with Crippen LogP contribution in [-0.4, -0.2) is 35.3 Å². The van der Waals surface area contributed by atoms with Gasteiger partial charge < -0.3 is 10.6 Å². The van der Waals surface area contributed by atoms with Crippen molar-refractivity contribution in [1.29, 1.82) is 0 Å². The predicted molar refractivity (Wildman–Crippen MR) is 100 cm³/mol. The number of halogens is 1. The van der Waals surface area contributed by atoms with E-state index in [0.29, 0.717) is 18.4 Å². The molecule has 1 heterocycles. The molecule has 27 heavy (non-hydrogen) atoms. The van der Waals surface area contributed by atoms with Crippen LogP contribution < -0.4 is 10.6 Å². The molecule has 0 spiro atoms. The zero-order valence-electron chi connectivity index (χ0n) is 16.2. The van der Waals surface area contributed by atoms with Crippen molar-refractivity contribution in [3.63, 3.8) is 0 Å². The van der Waals surface area contributed by atoms with Crippen LogP contribution in [0.25, 0.3) is 0 Å². The van der Waals surface area contributed by atoms with Gasteiger partial charge in [-0.15, -0.1) is 0 Å². The first-order chi connectivity index (χ1) is 12.8. The van der Waals surface area contributed by atoms with Crippen molar-refractivity contribution < 1.29 is 18.8 Å². The van der Waals surface area contributed by atoms with E-state index in [1.807, 2.05) is 20.8 Å². The summed E-state index contributed by atoms with van der Waals surface area (Å²) < 4.78 is 13.3. The van der Waals surface area contributed by atoms with Crippen LogP contribution >= 0.6 is 0 Å². The first-order valence-electron chi connectivity index (χ1n) is 9.53. The summed E-state index contributed by atoms with van der Waals surface area (Å²) in [6, 6.07) is 4.93. The Bertz CT molecular complexity index is 692. The van der Waals surface area contributed by atoms with Crippen molar-refractivity contribution >= 4 is 17.8 Å². The zero-order chi connectivity index (χ0) is 20.0. The second kappa shape index (κ2) is 8.97. The van der Waals surface area contributed by atoms with Gasteiger partial charge in [-0.3, -0.25) is 14.5 Å². The van der Waals surface area contributed by atoms with Gasteiger partial charge in [0.05, 0.1) is 0 Å². The summed E-state index contributed by atoms with van der Waals surface area (Å²) in [7, 11) is 0. The third kappa shape index (κ3) is 4.64. The maximum absolute atomic E-state index is 13.3. The lowest BCUT2D eigenvalue weighted by Gasteiger charge is -2.27. The van der Waals surface area contributed by atoms with Gasteiger partial charge in [0.25, 0.3) is 5.91 Å². The summed E-state index contributed by atoms with van der Waals surface area (Å²) in [4.78, 5) is 38.8. The van der Waals surface area contributed by atoms with Crippen molar-refractivity contribution in [2.75, 3.05) is 6.54 Å². The van der Waals surface area contributed by atoms with Crippen molar-refractivity contribution in [2.24, 2.45) is 0 Å². The number of unbranched alkanes of at least 4 members (excludes halogenated alkanes) is 1. The van der Waals surface area contributed by atoms with Gasteiger partial charge in [0, 0.05) is 6.04 Å². The summed E-state index contributed by atoms with van der Waals surface area (Å²) >= 11 is 0. The molecule has 0 radical (unpaired) electrons. The average molecular weight is 377 g/mol. The number of amides is 4. The molecule has 4 amide bonds. The number of benzene rings is 1. The van der Waals surface area contributed by atoms with Crippen LogP contribution in [0.1, 0.15) is 58.4 Å². The molecule has 148 valence electrons. The maximum Gasteiger partial charge on any atom is 0.325 e. The van der Waals surface area contributed by atoms with E-state index in [1.54, 1.807) is 0 Å². The Morgan fingerprint density at radius 2 is 1.89 bits per heavy atom. The van der Waals surface area contributed by atoms with Gasteiger partial charge in [-0.1, -0.05) is 45.2 Å². The highest BCUT2D eigenvalue weighted by atomic mass is 19.1. The van der Waals surface area contributed by atoms with E-state index in [1.165, 1.54) is 24.3 Å². The molecule has 1 aromatic carbocycles. The van der Waals surface area contributed by atoms with Crippen molar-refractivity contribution in [2.45, 2.75) is 64.5 Å². The molecule has 7 heteroatoms. The van der Waals surface area contributed by atoms with Gasteiger partial charge in [0.1, 0.15) is 17.9 Å². The number of urea groups is 1. The fourth-order valence-electron chi connectivity index (χ4n) is 3.42.